The zero-order valence-corrected chi connectivity index (χ0v) is 12.3. The number of rotatable bonds is 5. The molecule has 114 valence electrons. The van der Waals surface area contributed by atoms with Crippen molar-refractivity contribution < 1.29 is 14.0 Å². The Morgan fingerprint density at radius 2 is 1.68 bits per heavy atom. The van der Waals surface area contributed by atoms with Gasteiger partial charge in [-0.25, -0.2) is 4.39 Å². The highest BCUT2D eigenvalue weighted by Crippen LogP contribution is 2.10. The van der Waals surface area contributed by atoms with E-state index in [1.54, 1.807) is 36.4 Å². The number of halogens is 2. The maximum atomic E-state index is 12.9. The van der Waals surface area contributed by atoms with Crippen molar-refractivity contribution in [2.75, 3.05) is 0 Å². The van der Waals surface area contributed by atoms with Crippen LogP contribution < -0.4 is 11.1 Å². The van der Waals surface area contributed by atoms with Gasteiger partial charge in [0.25, 0.3) is 5.91 Å². The summed E-state index contributed by atoms with van der Waals surface area (Å²) in [4.78, 5) is 23.6. The number of nitrogens with two attached hydrogens (primary N) is 1. The molecule has 1 atom stereocenters. The molecule has 2 aromatic rings. The second kappa shape index (κ2) is 7.04. The maximum absolute atomic E-state index is 12.9. The third-order valence-corrected chi connectivity index (χ3v) is 3.36. The van der Waals surface area contributed by atoms with E-state index in [9.17, 15) is 14.0 Å². The van der Waals surface area contributed by atoms with Gasteiger partial charge in [0.1, 0.15) is 11.9 Å². The van der Waals surface area contributed by atoms with Gasteiger partial charge in [-0.2, -0.15) is 0 Å². The molecule has 4 nitrogen and oxygen atoms in total. The van der Waals surface area contributed by atoms with Gasteiger partial charge in [-0.3, -0.25) is 9.59 Å². The number of carbonyl (C=O) groups is 2. The lowest BCUT2D eigenvalue weighted by Crippen LogP contribution is -2.45. The molecule has 2 rings (SSSR count). The van der Waals surface area contributed by atoms with Crippen LogP contribution in [0.3, 0.4) is 0 Å². The molecule has 0 aliphatic carbocycles. The molecular weight excluding hydrogens is 307 g/mol. The van der Waals surface area contributed by atoms with Gasteiger partial charge in [-0.05, 0) is 42.0 Å². The summed E-state index contributed by atoms with van der Waals surface area (Å²) in [6, 6.07) is 11.0. The van der Waals surface area contributed by atoms with Gasteiger partial charge in [0.05, 0.1) is 0 Å². The van der Waals surface area contributed by atoms with E-state index in [4.69, 9.17) is 17.3 Å². The normalized spacial score (nSPS) is 11.7. The van der Waals surface area contributed by atoms with E-state index in [1.165, 1.54) is 12.1 Å². The Kier molecular flexibility index (Phi) is 5.12. The zero-order chi connectivity index (χ0) is 16.1. The van der Waals surface area contributed by atoms with Crippen LogP contribution in [0.25, 0.3) is 0 Å². The van der Waals surface area contributed by atoms with Gasteiger partial charge < -0.3 is 11.1 Å². The van der Waals surface area contributed by atoms with E-state index in [0.717, 1.165) is 0 Å². The van der Waals surface area contributed by atoms with E-state index in [-0.39, 0.29) is 12.2 Å². The maximum Gasteiger partial charge on any atom is 0.251 e. The van der Waals surface area contributed by atoms with Crippen molar-refractivity contribution >= 4 is 23.4 Å². The molecule has 0 heterocycles. The summed E-state index contributed by atoms with van der Waals surface area (Å²) in [5.74, 6) is -1.46. The van der Waals surface area contributed by atoms with Crippen LogP contribution in [0.1, 0.15) is 15.9 Å². The SMILES string of the molecule is NC(=O)[C@@H](Cc1ccc(F)cc1)NC(=O)c1ccc(Cl)cc1. The Morgan fingerprint density at radius 3 is 2.23 bits per heavy atom. The summed E-state index contributed by atoms with van der Waals surface area (Å²) in [5, 5.41) is 3.07. The fourth-order valence-electron chi connectivity index (χ4n) is 1.92. The predicted molar refractivity (Wildman–Crippen MR) is 82.0 cm³/mol. The summed E-state index contributed by atoms with van der Waals surface area (Å²) >= 11 is 5.76. The molecule has 6 heteroatoms. The molecule has 0 saturated heterocycles. The fraction of sp³-hybridized carbons (Fsp3) is 0.125. The second-order valence-electron chi connectivity index (χ2n) is 4.77. The van der Waals surface area contributed by atoms with Crippen LogP contribution in [-0.4, -0.2) is 17.9 Å². The first-order valence-corrected chi connectivity index (χ1v) is 6.93. The molecule has 0 bridgehead atoms. The Hall–Kier alpha value is -2.40. The largest absolute Gasteiger partial charge is 0.368 e. The molecule has 0 aromatic heterocycles. The minimum absolute atomic E-state index is 0.189. The first-order valence-electron chi connectivity index (χ1n) is 6.56. The standard InChI is InChI=1S/C16H14ClFN2O2/c17-12-5-3-11(4-6-12)16(22)20-14(15(19)21)9-10-1-7-13(18)8-2-10/h1-8,14H,9H2,(H2,19,21)(H,20,22)/t14-/m1/s1. The van der Waals surface area contributed by atoms with E-state index in [0.29, 0.717) is 16.1 Å². The van der Waals surface area contributed by atoms with E-state index < -0.39 is 17.9 Å². The molecule has 2 amide bonds. The topological polar surface area (TPSA) is 72.2 Å². The third kappa shape index (κ3) is 4.30. The van der Waals surface area contributed by atoms with Gasteiger partial charge in [-0.1, -0.05) is 23.7 Å². The van der Waals surface area contributed by atoms with Crippen LogP contribution in [-0.2, 0) is 11.2 Å². The minimum Gasteiger partial charge on any atom is -0.368 e. The third-order valence-electron chi connectivity index (χ3n) is 3.11. The van der Waals surface area contributed by atoms with E-state index in [2.05, 4.69) is 5.32 Å². The van der Waals surface area contributed by atoms with E-state index >= 15 is 0 Å². The second-order valence-corrected chi connectivity index (χ2v) is 5.20. The molecule has 0 unspecified atom stereocenters. The summed E-state index contributed by atoms with van der Waals surface area (Å²) in [5.41, 5.74) is 6.38. The first kappa shape index (κ1) is 16.0. The monoisotopic (exact) mass is 320 g/mol. The number of primary amides is 1. The van der Waals surface area contributed by atoms with Crippen LogP contribution in [0.5, 0.6) is 0 Å². The van der Waals surface area contributed by atoms with Crippen LogP contribution in [0.2, 0.25) is 5.02 Å². The first-order chi connectivity index (χ1) is 10.5. The highest BCUT2D eigenvalue weighted by atomic mass is 35.5. The summed E-state index contributed by atoms with van der Waals surface area (Å²) < 4.78 is 12.9. The van der Waals surface area contributed by atoms with Crippen molar-refractivity contribution in [1.29, 1.82) is 0 Å². The summed E-state index contributed by atoms with van der Waals surface area (Å²) in [6.07, 6.45) is 0.189. The number of hydrogen-bond acceptors (Lipinski definition) is 2. The number of nitrogens with one attached hydrogen (secondary N) is 1. The number of hydrogen-bond donors (Lipinski definition) is 2. The van der Waals surface area contributed by atoms with Crippen molar-refractivity contribution in [2.45, 2.75) is 12.5 Å². The molecule has 0 aliphatic rings. The van der Waals surface area contributed by atoms with Crippen molar-refractivity contribution in [3.05, 3.63) is 70.5 Å². The van der Waals surface area contributed by atoms with Gasteiger partial charge in [0.15, 0.2) is 0 Å². The Morgan fingerprint density at radius 1 is 1.09 bits per heavy atom. The summed E-state index contributed by atoms with van der Waals surface area (Å²) in [7, 11) is 0. The van der Waals surface area contributed by atoms with Crippen LogP contribution in [0.15, 0.2) is 48.5 Å². The zero-order valence-electron chi connectivity index (χ0n) is 11.6. The highest BCUT2D eigenvalue weighted by molar-refractivity contribution is 6.30. The molecule has 0 radical (unpaired) electrons. The molecule has 2 aromatic carbocycles. The van der Waals surface area contributed by atoms with Crippen molar-refractivity contribution in [3.63, 3.8) is 0 Å². The molecule has 0 spiro atoms. The Balaban J connectivity index is 2.08. The van der Waals surface area contributed by atoms with Gasteiger partial charge in [0, 0.05) is 17.0 Å². The molecule has 0 saturated carbocycles. The van der Waals surface area contributed by atoms with Crippen molar-refractivity contribution in [1.82, 2.24) is 5.32 Å². The van der Waals surface area contributed by atoms with Gasteiger partial charge >= 0.3 is 0 Å². The highest BCUT2D eigenvalue weighted by Gasteiger charge is 2.19. The minimum atomic E-state index is -0.881. The average Bonchev–Trinajstić information content (AvgIpc) is 2.49. The Bertz CT molecular complexity index is 672. The van der Waals surface area contributed by atoms with Crippen molar-refractivity contribution in [3.8, 4) is 0 Å². The molecule has 0 aliphatic heterocycles. The van der Waals surface area contributed by atoms with Crippen LogP contribution in [0.4, 0.5) is 4.39 Å². The predicted octanol–water partition coefficient (Wildman–Crippen LogP) is 2.31. The number of benzene rings is 2. The van der Waals surface area contributed by atoms with Crippen LogP contribution >= 0.6 is 11.6 Å². The lowest BCUT2D eigenvalue weighted by atomic mass is 10.0. The summed E-state index contributed by atoms with van der Waals surface area (Å²) in [6.45, 7) is 0. The van der Waals surface area contributed by atoms with Crippen LogP contribution in [0, 0.1) is 5.82 Å². The van der Waals surface area contributed by atoms with E-state index in [1.807, 2.05) is 0 Å². The lowest BCUT2D eigenvalue weighted by Gasteiger charge is -2.15. The van der Waals surface area contributed by atoms with Gasteiger partial charge in [-0.15, -0.1) is 0 Å². The number of carbonyl (C=O) groups excluding carboxylic acids is 2. The average molecular weight is 321 g/mol. The molecule has 22 heavy (non-hydrogen) atoms. The van der Waals surface area contributed by atoms with Crippen molar-refractivity contribution in [2.24, 2.45) is 5.73 Å². The smallest absolute Gasteiger partial charge is 0.251 e. The number of amides is 2. The quantitative estimate of drug-likeness (QED) is 0.887. The lowest BCUT2D eigenvalue weighted by molar-refractivity contribution is -0.119. The molecule has 3 N–H and O–H groups in total. The molecule has 0 fully saturated rings. The molecular formula is C16H14ClFN2O2. The Labute approximate surface area is 132 Å². The fourth-order valence-corrected chi connectivity index (χ4v) is 2.05. The van der Waals surface area contributed by atoms with Gasteiger partial charge in [0.2, 0.25) is 5.91 Å².